The number of carbonyl (C=O) groups is 1. The van der Waals surface area contributed by atoms with Gasteiger partial charge in [-0.2, -0.15) is 0 Å². The van der Waals surface area contributed by atoms with E-state index in [-0.39, 0.29) is 5.91 Å². The molecule has 5 nitrogen and oxygen atoms in total. The topological polar surface area (TPSA) is 51.0 Å². The summed E-state index contributed by atoms with van der Waals surface area (Å²) in [6.45, 7) is 2.13. The number of fused-ring (bicyclic) bond motifs is 5. The molecule has 2 aromatic carbocycles. The molecule has 1 amide bonds. The number of rotatable bonds is 0. The minimum Gasteiger partial charge on any atom is -0.308 e. The van der Waals surface area contributed by atoms with Crippen LogP contribution in [0.5, 0.6) is 0 Å². The van der Waals surface area contributed by atoms with Crippen molar-refractivity contribution in [1.29, 1.82) is 0 Å². The van der Waals surface area contributed by atoms with E-state index in [0.29, 0.717) is 6.54 Å². The molecule has 23 heavy (non-hydrogen) atoms. The first-order chi connectivity index (χ1) is 11.2. The van der Waals surface area contributed by atoms with Crippen LogP contribution in [-0.4, -0.2) is 20.9 Å². The Balaban J connectivity index is 2.11. The van der Waals surface area contributed by atoms with Gasteiger partial charge >= 0.3 is 0 Å². The minimum atomic E-state index is 0.0193. The second kappa shape index (κ2) is 5.05. The van der Waals surface area contributed by atoms with Gasteiger partial charge in [-0.3, -0.25) is 4.79 Å². The van der Waals surface area contributed by atoms with Crippen LogP contribution in [0.15, 0.2) is 48.5 Å². The summed E-state index contributed by atoms with van der Waals surface area (Å²) in [4.78, 5) is 14.1. The van der Waals surface area contributed by atoms with Gasteiger partial charge in [-0.1, -0.05) is 47.7 Å². The van der Waals surface area contributed by atoms with Gasteiger partial charge in [0.25, 0.3) is 0 Å². The van der Waals surface area contributed by atoms with E-state index in [9.17, 15) is 4.79 Å². The van der Waals surface area contributed by atoms with Crippen molar-refractivity contribution in [2.24, 2.45) is 7.05 Å². The van der Waals surface area contributed by atoms with Gasteiger partial charge in [0.2, 0.25) is 5.91 Å². The number of nitrogens with zero attached hydrogens (tertiary/aromatic N) is 4. The number of benzene rings is 2. The first kappa shape index (κ1) is 13.7. The van der Waals surface area contributed by atoms with E-state index in [0.717, 1.165) is 33.8 Å². The lowest BCUT2D eigenvalue weighted by Gasteiger charge is -2.27. The van der Waals surface area contributed by atoms with E-state index in [2.05, 4.69) is 10.3 Å². The maximum absolute atomic E-state index is 12.3. The first-order valence-corrected chi connectivity index (χ1v) is 7.52. The van der Waals surface area contributed by atoms with Crippen LogP contribution in [0.3, 0.4) is 0 Å². The normalized spacial score (nSPS) is 12.7. The van der Waals surface area contributed by atoms with E-state index >= 15 is 0 Å². The second-order valence-corrected chi connectivity index (χ2v) is 5.69. The van der Waals surface area contributed by atoms with Crippen molar-refractivity contribution in [2.75, 3.05) is 4.90 Å². The standard InChI is InChI=1S/C18H16N4O/c1-12(23)22-11-13-7-3-4-8-14(13)17-18(21(2)20-19-17)15-9-5-6-10-16(15)22/h3-10H,11H2,1-2H3. The molecule has 0 fully saturated rings. The Hall–Kier alpha value is -2.95. The monoisotopic (exact) mass is 304 g/mol. The van der Waals surface area contributed by atoms with Crippen LogP contribution in [0.2, 0.25) is 0 Å². The zero-order valence-corrected chi connectivity index (χ0v) is 13.0. The molecular weight excluding hydrogens is 288 g/mol. The quantitative estimate of drug-likeness (QED) is 0.641. The van der Waals surface area contributed by atoms with Crippen molar-refractivity contribution >= 4 is 11.6 Å². The summed E-state index contributed by atoms with van der Waals surface area (Å²) in [6, 6.07) is 16.0. The van der Waals surface area contributed by atoms with E-state index in [1.807, 2.05) is 60.5 Å². The molecule has 0 aliphatic carbocycles. The van der Waals surface area contributed by atoms with Gasteiger partial charge < -0.3 is 4.90 Å². The molecule has 0 saturated carbocycles. The highest BCUT2D eigenvalue weighted by Crippen LogP contribution is 2.40. The van der Waals surface area contributed by atoms with E-state index in [4.69, 9.17) is 0 Å². The third-order valence-corrected chi connectivity index (χ3v) is 4.26. The zero-order chi connectivity index (χ0) is 16.0. The number of amides is 1. The van der Waals surface area contributed by atoms with Gasteiger partial charge in [0, 0.05) is 25.1 Å². The highest BCUT2D eigenvalue weighted by molar-refractivity contribution is 5.99. The average molecular weight is 304 g/mol. The number of anilines is 1. The Morgan fingerprint density at radius 1 is 1.04 bits per heavy atom. The average Bonchev–Trinajstić information content (AvgIpc) is 2.92. The molecule has 0 saturated heterocycles. The fourth-order valence-electron chi connectivity index (χ4n) is 3.18. The summed E-state index contributed by atoms with van der Waals surface area (Å²) in [7, 11) is 1.88. The number of hydrogen-bond acceptors (Lipinski definition) is 3. The van der Waals surface area contributed by atoms with Crippen molar-refractivity contribution in [3.63, 3.8) is 0 Å². The summed E-state index contributed by atoms with van der Waals surface area (Å²) in [5.74, 6) is 0.0193. The van der Waals surface area contributed by atoms with Gasteiger partial charge in [0.15, 0.2) is 0 Å². The molecule has 1 aliphatic rings. The molecule has 0 N–H and O–H groups in total. The molecule has 4 rings (SSSR count). The number of carbonyl (C=O) groups excluding carboxylic acids is 1. The van der Waals surface area contributed by atoms with Gasteiger partial charge in [-0.05, 0) is 11.6 Å². The van der Waals surface area contributed by atoms with Crippen molar-refractivity contribution in [2.45, 2.75) is 13.5 Å². The largest absolute Gasteiger partial charge is 0.308 e. The SMILES string of the molecule is CC(=O)N1Cc2ccccc2-c2nnn(C)c2-c2ccccc21. The molecule has 1 aliphatic heterocycles. The van der Waals surface area contributed by atoms with E-state index in [1.54, 1.807) is 11.6 Å². The predicted molar refractivity (Wildman–Crippen MR) is 88.7 cm³/mol. The van der Waals surface area contributed by atoms with Crippen molar-refractivity contribution in [3.8, 4) is 22.5 Å². The molecule has 5 heteroatoms. The predicted octanol–water partition coefficient (Wildman–Crippen LogP) is 3.02. The van der Waals surface area contributed by atoms with Crippen LogP contribution in [0, 0.1) is 0 Å². The highest BCUT2D eigenvalue weighted by Gasteiger charge is 2.26. The van der Waals surface area contributed by atoms with Crippen molar-refractivity contribution < 1.29 is 4.79 Å². The number of aryl methyl sites for hydroxylation is 1. The maximum Gasteiger partial charge on any atom is 0.224 e. The molecule has 0 radical (unpaired) electrons. The maximum atomic E-state index is 12.3. The molecule has 0 unspecified atom stereocenters. The molecule has 0 spiro atoms. The van der Waals surface area contributed by atoms with Crippen LogP contribution < -0.4 is 4.90 Å². The molecule has 2 heterocycles. The Bertz CT molecular complexity index is 913. The molecule has 0 atom stereocenters. The summed E-state index contributed by atoms with van der Waals surface area (Å²) in [6.07, 6.45) is 0. The van der Waals surface area contributed by atoms with Crippen LogP contribution in [0.25, 0.3) is 22.5 Å². The molecule has 1 aromatic heterocycles. The minimum absolute atomic E-state index is 0.0193. The molecule has 0 bridgehead atoms. The summed E-state index contributed by atoms with van der Waals surface area (Å²) >= 11 is 0. The number of aromatic nitrogens is 3. The van der Waals surface area contributed by atoms with Gasteiger partial charge in [-0.15, -0.1) is 5.10 Å². The molecule has 3 aromatic rings. The van der Waals surface area contributed by atoms with E-state index < -0.39 is 0 Å². The lowest BCUT2D eigenvalue weighted by atomic mass is 9.96. The van der Waals surface area contributed by atoms with Gasteiger partial charge in [-0.25, -0.2) is 4.68 Å². The number of hydrogen-bond donors (Lipinski definition) is 0. The fraction of sp³-hybridized carbons (Fsp3) is 0.167. The Kier molecular flexibility index (Phi) is 3.01. The Morgan fingerprint density at radius 3 is 2.52 bits per heavy atom. The summed E-state index contributed by atoms with van der Waals surface area (Å²) in [5.41, 5.74) is 5.74. The molecular formula is C18H16N4O. The third-order valence-electron chi connectivity index (χ3n) is 4.26. The number of para-hydroxylation sites is 1. The first-order valence-electron chi connectivity index (χ1n) is 7.52. The van der Waals surface area contributed by atoms with Gasteiger partial charge in [0.05, 0.1) is 17.9 Å². The van der Waals surface area contributed by atoms with Gasteiger partial charge in [0.1, 0.15) is 5.69 Å². The van der Waals surface area contributed by atoms with Crippen molar-refractivity contribution in [1.82, 2.24) is 15.0 Å². The Labute approximate surface area is 134 Å². The van der Waals surface area contributed by atoms with Crippen LogP contribution in [-0.2, 0) is 18.4 Å². The third kappa shape index (κ3) is 2.04. The summed E-state index contributed by atoms with van der Waals surface area (Å²) < 4.78 is 1.77. The molecule has 114 valence electrons. The van der Waals surface area contributed by atoms with Crippen LogP contribution in [0.4, 0.5) is 5.69 Å². The lowest BCUT2D eigenvalue weighted by Crippen LogP contribution is -2.29. The van der Waals surface area contributed by atoms with Crippen LogP contribution >= 0.6 is 0 Å². The second-order valence-electron chi connectivity index (χ2n) is 5.69. The van der Waals surface area contributed by atoms with Crippen LogP contribution in [0.1, 0.15) is 12.5 Å². The fourth-order valence-corrected chi connectivity index (χ4v) is 3.18. The zero-order valence-electron chi connectivity index (χ0n) is 13.0. The smallest absolute Gasteiger partial charge is 0.224 e. The lowest BCUT2D eigenvalue weighted by molar-refractivity contribution is -0.116. The Morgan fingerprint density at radius 2 is 1.74 bits per heavy atom. The van der Waals surface area contributed by atoms with Crippen molar-refractivity contribution in [3.05, 3.63) is 54.1 Å². The van der Waals surface area contributed by atoms with E-state index in [1.165, 1.54) is 0 Å². The highest BCUT2D eigenvalue weighted by atomic mass is 16.2. The summed E-state index contributed by atoms with van der Waals surface area (Å²) in [5, 5.41) is 8.59.